The Morgan fingerprint density at radius 3 is 2.38 bits per heavy atom. The van der Waals surface area contributed by atoms with Crippen molar-refractivity contribution in [3.8, 4) is 0 Å². The minimum absolute atomic E-state index is 0.0361. The summed E-state index contributed by atoms with van der Waals surface area (Å²) in [5.41, 5.74) is -0.0361. The lowest BCUT2D eigenvalue weighted by molar-refractivity contribution is -0.0633. The average Bonchev–Trinajstić information content (AvgIpc) is 2.00. The molecule has 1 N–H and O–H groups in total. The molecular weight excluding hydrogens is 164 g/mol. The molecule has 1 atom stereocenters. The molecule has 1 unspecified atom stereocenters. The van der Waals surface area contributed by atoms with Gasteiger partial charge < -0.3 is 9.84 Å². The topological polar surface area (TPSA) is 29.5 Å². The Kier molecular flexibility index (Phi) is 6.35. The number of hydrogen-bond donors (Lipinski definition) is 1. The largest absolute Gasteiger partial charge is 0.394 e. The van der Waals surface area contributed by atoms with Gasteiger partial charge in [-0.1, -0.05) is 27.2 Å². The van der Waals surface area contributed by atoms with E-state index in [1.807, 2.05) is 0 Å². The van der Waals surface area contributed by atoms with Crippen LogP contribution in [0.15, 0.2) is 0 Å². The van der Waals surface area contributed by atoms with Gasteiger partial charge in [-0.2, -0.15) is 0 Å². The van der Waals surface area contributed by atoms with Crippen LogP contribution >= 0.6 is 0 Å². The maximum absolute atomic E-state index is 8.71. The van der Waals surface area contributed by atoms with Gasteiger partial charge in [0.1, 0.15) is 0 Å². The van der Waals surface area contributed by atoms with Gasteiger partial charge in [0.05, 0.1) is 18.8 Å². The molecule has 80 valence electrons. The Hall–Kier alpha value is -0.0800. The molecule has 0 aliphatic carbocycles. The Morgan fingerprint density at radius 1 is 1.38 bits per heavy atom. The molecule has 0 amide bonds. The molecule has 0 radical (unpaired) electrons. The SMILES string of the molecule is CCCC(C)(CC(C)C)OCCO. The van der Waals surface area contributed by atoms with E-state index < -0.39 is 0 Å². The van der Waals surface area contributed by atoms with Crippen molar-refractivity contribution in [2.24, 2.45) is 5.92 Å². The van der Waals surface area contributed by atoms with E-state index in [0.717, 1.165) is 19.3 Å². The lowest BCUT2D eigenvalue weighted by Crippen LogP contribution is -2.31. The van der Waals surface area contributed by atoms with E-state index in [1.54, 1.807) is 0 Å². The van der Waals surface area contributed by atoms with Crippen LogP contribution in [0.3, 0.4) is 0 Å². The highest BCUT2D eigenvalue weighted by Crippen LogP contribution is 2.25. The van der Waals surface area contributed by atoms with Gasteiger partial charge in [0.2, 0.25) is 0 Å². The van der Waals surface area contributed by atoms with Gasteiger partial charge in [-0.3, -0.25) is 0 Å². The number of rotatable bonds is 7. The third-order valence-corrected chi connectivity index (χ3v) is 2.16. The average molecular weight is 188 g/mol. The minimum atomic E-state index is -0.0361. The second-order valence-corrected chi connectivity index (χ2v) is 4.37. The van der Waals surface area contributed by atoms with E-state index in [9.17, 15) is 0 Å². The third kappa shape index (κ3) is 6.05. The molecule has 0 bridgehead atoms. The predicted octanol–water partition coefficient (Wildman–Crippen LogP) is 2.60. The zero-order valence-electron chi connectivity index (χ0n) is 9.47. The monoisotopic (exact) mass is 188 g/mol. The first-order chi connectivity index (χ1) is 6.04. The van der Waals surface area contributed by atoms with E-state index in [-0.39, 0.29) is 12.2 Å². The highest BCUT2D eigenvalue weighted by molar-refractivity contribution is 4.76. The van der Waals surface area contributed by atoms with Gasteiger partial charge in [0.25, 0.3) is 0 Å². The predicted molar refractivity (Wildman–Crippen MR) is 55.8 cm³/mol. The van der Waals surface area contributed by atoms with Crippen molar-refractivity contribution >= 4 is 0 Å². The van der Waals surface area contributed by atoms with Gasteiger partial charge in [-0.25, -0.2) is 0 Å². The number of aliphatic hydroxyl groups excluding tert-OH is 1. The molecule has 0 aliphatic rings. The van der Waals surface area contributed by atoms with Crippen molar-refractivity contribution in [3.63, 3.8) is 0 Å². The smallest absolute Gasteiger partial charge is 0.0705 e. The Morgan fingerprint density at radius 2 is 2.00 bits per heavy atom. The summed E-state index contributed by atoms with van der Waals surface area (Å²) < 4.78 is 5.68. The molecule has 0 spiro atoms. The summed E-state index contributed by atoms with van der Waals surface area (Å²) in [7, 11) is 0. The fourth-order valence-corrected chi connectivity index (χ4v) is 1.92. The Bertz CT molecular complexity index is 123. The van der Waals surface area contributed by atoms with Crippen molar-refractivity contribution in [1.82, 2.24) is 0 Å². The molecule has 0 aromatic heterocycles. The van der Waals surface area contributed by atoms with Crippen LogP contribution in [0, 0.1) is 5.92 Å². The maximum Gasteiger partial charge on any atom is 0.0705 e. The standard InChI is InChI=1S/C11H24O2/c1-5-6-11(4,9-10(2)3)13-8-7-12/h10,12H,5-9H2,1-4H3. The van der Waals surface area contributed by atoms with Crippen LogP contribution in [0.5, 0.6) is 0 Å². The summed E-state index contributed by atoms with van der Waals surface area (Å²) in [6.07, 6.45) is 3.28. The zero-order chi connectivity index (χ0) is 10.3. The molecule has 0 rings (SSSR count). The molecule has 13 heavy (non-hydrogen) atoms. The Labute approximate surface area is 82.3 Å². The fraction of sp³-hybridized carbons (Fsp3) is 1.00. The molecule has 0 saturated carbocycles. The summed E-state index contributed by atoms with van der Waals surface area (Å²) in [6, 6.07) is 0. The minimum Gasteiger partial charge on any atom is -0.394 e. The van der Waals surface area contributed by atoms with Gasteiger partial charge >= 0.3 is 0 Å². The highest BCUT2D eigenvalue weighted by Gasteiger charge is 2.24. The van der Waals surface area contributed by atoms with E-state index in [0.29, 0.717) is 12.5 Å². The lowest BCUT2D eigenvalue weighted by atomic mass is 9.90. The van der Waals surface area contributed by atoms with Crippen LogP contribution in [0.25, 0.3) is 0 Å². The Balaban J connectivity index is 3.99. The summed E-state index contributed by atoms with van der Waals surface area (Å²) in [5, 5.41) is 8.71. The van der Waals surface area contributed by atoms with Crippen LogP contribution in [0.1, 0.15) is 47.0 Å². The summed E-state index contributed by atoms with van der Waals surface area (Å²) in [4.78, 5) is 0. The van der Waals surface area contributed by atoms with E-state index in [2.05, 4.69) is 27.7 Å². The first-order valence-electron chi connectivity index (χ1n) is 5.29. The van der Waals surface area contributed by atoms with Crippen molar-refractivity contribution in [1.29, 1.82) is 0 Å². The third-order valence-electron chi connectivity index (χ3n) is 2.16. The highest BCUT2D eigenvalue weighted by atomic mass is 16.5. The van der Waals surface area contributed by atoms with E-state index in [1.165, 1.54) is 0 Å². The van der Waals surface area contributed by atoms with Crippen molar-refractivity contribution in [3.05, 3.63) is 0 Å². The normalized spacial score (nSPS) is 16.2. The molecular formula is C11H24O2. The molecule has 0 aromatic carbocycles. The quantitative estimate of drug-likeness (QED) is 0.665. The molecule has 2 heteroatoms. The summed E-state index contributed by atoms with van der Waals surface area (Å²) in [5.74, 6) is 0.648. The van der Waals surface area contributed by atoms with Gasteiger partial charge in [0, 0.05) is 0 Å². The van der Waals surface area contributed by atoms with Crippen molar-refractivity contribution < 1.29 is 9.84 Å². The van der Waals surface area contributed by atoms with Crippen LogP contribution in [-0.4, -0.2) is 23.9 Å². The lowest BCUT2D eigenvalue weighted by Gasteiger charge is -2.31. The zero-order valence-corrected chi connectivity index (χ0v) is 9.47. The van der Waals surface area contributed by atoms with Gasteiger partial charge in [-0.15, -0.1) is 0 Å². The van der Waals surface area contributed by atoms with Crippen molar-refractivity contribution in [2.45, 2.75) is 52.6 Å². The molecule has 2 nitrogen and oxygen atoms in total. The van der Waals surface area contributed by atoms with Crippen LogP contribution in [0.2, 0.25) is 0 Å². The molecule has 0 aliphatic heterocycles. The first-order valence-corrected chi connectivity index (χ1v) is 5.29. The first kappa shape index (κ1) is 12.9. The molecule has 0 saturated heterocycles. The second kappa shape index (κ2) is 6.39. The summed E-state index contributed by atoms with van der Waals surface area (Å²) >= 11 is 0. The number of ether oxygens (including phenoxy) is 1. The molecule has 0 aromatic rings. The van der Waals surface area contributed by atoms with Gasteiger partial charge in [0.15, 0.2) is 0 Å². The van der Waals surface area contributed by atoms with Crippen molar-refractivity contribution in [2.75, 3.05) is 13.2 Å². The maximum atomic E-state index is 8.71. The van der Waals surface area contributed by atoms with Gasteiger partial charge in [-0.05, 0) is 25.7 Å². The number of hydrogen-bond acceptors (Lipinski definition) is 2. The van der Waals surface area contributed by atoms with Crippen LogP contribution in [-0.2, 0) is 4.74 Å². The second-order valence-electron chi connectivity index (χ2n) is 4.37. The van der Waals surface area contributed by atoms with E-state index >= 15 is 0 Å². The molecule has 0 heterocycles. The fourth-order valence-electron chi connectivity index (χ4n) is 1.92. The van der Waals surface area contributed by atoms with Crippen LogP contribution < -0.4 is 0 Å². The summed E-state index contributed by atoms with van der Waals surface area (Å²) in [6.45, 7) is 9.31. The molecule has 0 fully saturated rings. The number of aliphatic hydroxyl groups is 1. The van der Waals surface area contributed by atoms with E-state index in [4.69, 9.17) is 9.84 Å². The van der Waals surface area contributed by atoms with Crippen LogP contribution in [0.4, 0.5) is 0 Å².